The minimum Gasteiger partial charge on any atom is -0.292 e. The summed E-state index contributed by atoms with van der Waals surface area (Å²) >= 11 is 7.64. The van der Waals surface area contributed by atoms with Crippen LogP contribution in [0.25, 0.3) is 10.9 Å². The number of rotatable bonds is 4. The van der Waals surface area contributed by atoms with Crippen LogP contribution >= 0.6 is 23.4 Å². The normalized spacial score (nSPS) is 18.4. The van der Waals surface area contributed by atoms with Gasteiger partial charge in [-0.25, -0.2) is 0 Å². The second kappa shape index (κ2) is 8.30. The van der Waals surface area contributed by atoms with Crippen LogP contribution in [0.2, 0.25) is 5.02 Å². The van der Waals surface area contributed by atoms with Crippen molar-refractivity contribution in [2.24, 2.45) is 0 Å². The molecule has 1 N–H and O–H groups in total. The fourth-order valence-electron chi connectivity index (χ4n) is 3.81. The minimum atomic E-state index is -0.333. The number of pyridine rings is 1. The molecular weight excluding hydrogens is 430 g/mol. The summed E-state index contributed by atoms with van der Waals surface area (Å²) in [5.74, 6) is 0.440. The molecule has 0 spiro atoms. The number of halogens is 1. The lowest BCUT2D eigenvalue weighted by molar-refractivity contribution is 0.0957. The lowest BCUT2D eigenvalue weighted by atomic mass is 10.0. The Bertz CT molecular complexity index is 1270. The first-order valence-corrected chi connectivity index (χ1v) is 11.3. The van der Waals surface area contributed by atoms with Crippen LogP contribution in [0.1, 0.15) is 31.7 Å². The van der Waals surface area contributed by atoms with Crippen LogP contribution in [0.4, 0.5) is 0 Å². The average molecular weight is 448 g/mol. The van der Waals surface area contributed by atoms with Crippen LogP contribution in [0.3, 0.4) is 0 Å². The van der Waals surface area contributed by atoms with Gasteiger partial charge < -0.3 is 0 Å². The molecule has 0 saturated carbocycles. The van der Waals surface area contributed by atoms with Crippen molar-refractivity contribution in [3.8, 4) is 0 Å². The molecule has 1 saturated heterocycles. The van der Waals surface area contributed by atoms with E-state index in [0.29, 0.717) is 27.4 Å². The number of hydrogen-bond donors (Lipinski definition) is 1. The maximum Gasteiger partial charge on any atom is 0.262 e. The van der Waals surface area contributed by atoms with Gasteiger partial charge in [-0.15, -0.1) is 11.8 Å². The molecule has 5 nitrogen and oxygen atoms in total. The average Bonchev–Trinajstić information content (AvgIpc) is 3.45. The Labute approximate surface area is 188 Å². The summed E-state index contributed by atoms with van der Waals surface area (Å²) in [7, 11) is 0. The number of Topliss-reactive ketones (excluding diaryl/α,β-unsaturated/α-hetero) is 1. The first-order chi connectivity index (χ1) is 15.1. The summed E-state index contributed by atoms with van der Waals surface area (Å²) in [6.07, 6.45) is 5.21. The molecule has 0 radical (unpaired) electrons. The van der Waals surface area contributed by atoms with E-state index in [0.717, 1.165) is 10.9 Å². The van der Waals surface area contributed by atoms with Crippen LogP contribution in [0.5, 0.6) is 0 Å². The number of aromatic nitrogens is 2. The first kappa shape index (κ1) is 20.0. The van der Waals surface area contributed by atoms with E-state index in [9.17, 15) is 9.59 Å². The second-order valence-corrected chi connectivity index (χ2v) is 8.90. The van der Waals surface area contributed by atoms with Crippen molar-refractivity contribution in [1.82, 2.24) is 14.9 Å². The number of para-hydroxylation sites is 1. The van der Waals surface area contributed by atoms with Gasteiger partial charge in [0.05, 0.1) is 16.9 Å². The SMILES string of the molecule is O=C(c1cn(C(=O)c2ccc(Cl)cc2)c2ccccc12)C1CSC(c2cccnc2)N1. The fourth-order valence-corrected chi connectivity index (χ4v) is 5.16. The molecule has 154 valence electrons. The van der Waals surface area contributed by atoms with E-state index in [2.05, 4.69) is 10.3 Å². The van der Waals surface area contributed by atoms with Crippen molar-refractivity contribution in [1.29, 1.82) is 0 Å². The molecule has 7 heteroatoms. The topological polar surface area (TPSA) is 64.0 Å². The molecule has 5 rings (SSSR count). The third-order valence-electron chi connectivity index (χ3n) is 5.37. The van der Waals surface area contributed by atoms with Crippen LogP contribution in [0.15, 0.2) is 79.3 Å². The maximum atomic E-state index is 13.4. The van der Waals surface area contributed by atoms with E-state index in [1.54, 1.807) is 53.0 Å². The summed E-state index contributed by atoms with van der Waals surface area (Å²) < 4.78 is 1.55. The van der Waals surface area contributed by atoms with Crippen LogP contribution < -0.4 is 5.32 Å². The first-order valence-electron chi connectivity index (χ1n) is 9.84. The van der Waals surface area contributed by atoms with Crippen LogP contribution in [0, 0.1) is 0 Å². The van der Waals surface area contributed by atoms with Gasteiger partial charge in [-0.05, 0) is 42.0 Å². The van der Waals surface area contributed by atoms with Crippen LogP contribution in [-0.4, -0.2) is 33.0 Å². The molecule has 1 aliphatic heterocycles. The van der Waals surface area contributed by atoms with Gasteiger partial charge >= 0.3 is 0 Å². The Balaban J connectivity index is 1.47. The second-order valence-electron chi connectivity index (χ2n) is 7.33. The number of thioether (sulfide) groups is 1. The maximum absolute atomic E-state index is 13.4. The van der Waals surface area contributed by atoms with Crippen molar-refractivity contribution in [2.75, 3.05) is 5.75 Å². The number of nitrogens with zero attached hydrogens (tertiary/aromatic N) is 2. The van der Waals surface area contributed by atoms with Gasteiger partial charge in [0, 0.05) is 45.9 Å². The van der Waals surface area contributed by atoms with E-state index >= 15 is 0 Å². The highest BCUT2D eigenvalue weighted by Crippen LogP contribution is 2.34. The fraction of sp³-hybridized carbons (Fsp3) is 0.125. The van der Waals surface area contributed by atoms with E-state index in [4.69, 9.17) is 11.6 Å². The van der Waals surface area contributed by atoms with E-state index in [-0.39, 0.29) is 23.1 Å². The van der Waals surface area contributed by atoms with E-state index in [1.165, 1.54) is 0 Å². The van der Waals surface area contributed by atoms with Gasteiger partial charge in [-0.1, -0.05) is 35.9 Å². The van der Waals surface area contributed by atoms with Crippen molar-refractivity contribution in [2.45, 2.75) is 11.4 Å². The molecule has 2 atom stereocenters. The van der Waals surface area contributed by atoms with Gasteiger partial charge in [0.2, 0.25) is 0 Å². The quantitative estimate of drug-likeness (QED) is 0.448. The monoisotopic (exact) mass is 447 g/mol. The molecule has 1 fully saturated rings. The highest BCUT2D eigenvalue weighted by atomic mass is 35.5. The number of ketones is 1. The predicted octanol–water partition coefficient (Wildman–Crippen LogP) is 4.96. The van der Waals surface area contributed by atoms with Crippen molar-refractivity contribution < 1.29 is 9.59 Å². The third kappa shape index (κ3) is 3.78. The summed E-state index contributed by atoms with van der Waals surface area (Å²) in [5, 5.41) is 4.77. The molecule has 31 heavy (non-hydrogen) atoms. The summed E-state index contributed by atoms with van der Waals surface area (Å²) in [4.78, 5) is 30.7. The molecule has 0 aliphatic carbocycles. The van der Waals surface area contributed by atoms with Gasteiger partial charge in [0.25, 0.3) is 5.91 Å². The van der Waals surface area contributed by atoms with Crippen molar-refractivity contribution in [3.05, 3.63) is 101 Å². The molecular formula is C24H18ClN3O2S. The van der Waals surface area contributed by atoms with Gasteiger partial charge in [0.1, 0.15) is 0 Å². The molecule has 0 amide bonds. The molecule has 1 aliphatic rings. The zero-order valence-electron chi connectivity index (χ0n) is 16.4. The van der Waals surface area contributed by atoms with Gasteiger partial charge in [0.15, 0.2) is 5.78 Å². The standard InChI is InChI=1S/C24H18ClN3O2S/c25-17-9-7-15(8-10-17)24(30)28-13-19(18-5-1-2-6-21(18)28)22(29)20-14-31-23(27-20)16-4-3-11-26-12-16/h1-13,20,23,27H,14H2. The Morgan fingerprint density at radius 1 is 1.06 bits per heavy atom. The number of carbonyl (C=O) groups excluding carboxylic acids is 2. The Kier molecular flexibility index (Phi) is 5.36. The predicted molar refractivity (Wildman–Crippen MR) is 124 cm³/mol. The zero-order valence-corrected chi connectivity index (χ0v) is 17.9. The molecule has 4 aromatic rings. The lowest BCUT2D eigenvalue weighted by Gasteiger charge is -2.12. The summed E-state index contributed by atoms with van der Waals surface area (Å²) in [5.41, 5.74) is 2.81. The van der Waals surface area contributed by atoms with E-state index < -0.39 is 0 Å². The lowest BCUT2D eigenvalue weighted by Crippen LogP contribution is -2.34. The Morgan fingerprint density at radius 2 is 1.87 bits per heavy atom. The van der Waals surface area contributed by atoms with Crippen molar-refractivity contribution >= 4 is 46.0 Å². The van der Waals surface area contributed by atoms with Gasteiger partial charge in [-0.3, -0.25) is 24.5 Å². The number of benzene rings is 2. The largest absolute Gasteiger partial charge is 0.292 e. The molecule has 0 bridgehead atoms. The molecule has 2 unspecified atom stereocenters. The zero-order chi connectivity index (χ0) is 21.4. The summed E-state index contributed by atoms with van der Waals surface area (Å²) in [6.45, 7) is 0. The van der Waals surface area contributed by atoms with E-state index in [1.807, 2.05) is 42.6 Å². The highest BCUT2D eigenvalue weighted by Gasteiger charge is 2.33. The Hall–Kier alpha value is -2.93. The van der Waals surface area contributed by atoms with Crippen molar-refractivity contribution in [3.63, 3.8) is 0 Å². The number of nitrogens with one attached hydrogen (secondary N) is 1. The highest BCUT2D eigenvalue weighted by molar-refractivity contribution is 7.99. The molecule has 2 aromatic heterocycles. The Morgan fingerprint density at radius 3 is 2.65 bits per heavy atom. The number of hydrogen-bond acceptors (Lipinski definition) is 5. The van der Waals surface area contributed by atoms with Gasteiger partial charge in [-0.2, -0.15) is 0 Å². The van der Waals surface area contributed by atoms with Crippen LogP contribution in [-0.2, 0) is 0 Å². The number of carbonyl (C=O) groups is 2. The smallest absolute Gasteiger partial charge is 0.262 e. The minimum absolute atomic E-state index is 0.0160. The molecule has 2 aromatic carbocycles. The third-order valence-corrected chi connectivity index (χ3v) is 6.89. The number of fused-ring (bicyclic) bond motifs is 1. The summed E-state index contributed by atoms with van der Waals surface area (Å²) in [6, 6.07) is 17.8. The molecule has 3 heterocycles.